The van der Waals surface area contributed by atoms with Crippen molar-refractivity contribution in [2.45, 2.75) is 76.7 Å². The Labute approximate surface area is 254 Å². The molecule has 4 heterocycles. The summed E-state index contributed by atoms with van der Waals surface area (Å²) in [5, 5.41) is 5.41. The Morgan fingerprint density at radius 3 is 2.35 bits per heavy atom. The fraction of sp³-hybridized carbons (Fsp3) is 0.300. The van der Waals surface area contributed by atoms with Crippen molar-refractivity contribution in [3.05, 3.63) is 96.1 Å². The van der Waals surface area contributed by atoms with Gasteiger partial charge in [0.25, 0.3) is 6.71 Å². The predicted molar refractivity (Wildman–Crippen MR) is 184 cm³/mol. The highest BCUT2D eigenvalue weighted by atomic mass is 15.3. The minimum absolute atomic E-state index is 0.0308. The molecule has 1 fully saturated rings. The molecular weight excluding hydrogens is 519 g/mol. The van der Waals surface area contributed by atoms with E-state index in [0.29, 0.717) is 0 Å². The molecule has 1 aliphatic carbocycles. The van der Waals surface area contributed by atoms with E-state index < -0.39 is 0 Å². The van der Waals surface area contributed by atoms with Crippen molar-refractivity contribution in [2.24, 2.45) is 0 Å². The van der Waals surface area contributed by atoms with E-state index in [1.807, 2.05) is 0 Å². The smallest absolute Gasteiger partial charge is 0.252 e. The molecule has 5 aromatic carbocycles. The molecule has 2 unspecified atom stereocenters. The molecule has 2 atom stereocenters. The molecule has 0 saturated heterocycles. The van der Waals surface area contributed by atoms with E-state index in [-0.39, 0.29) is 23.1 Å². The maximum Gasteiger partial charge on any atom is 0.252 e. The summed E-state index contributed by atoms with van der Waals surface area (Å²) in [6.45, 7) is 12.5. The van der Waals surface area contributed by atoms with Crippen LogP contribution >= 0.6 is 0 Å². The van der Waals surface area contributed by atoms with E-state index in [2.05, 4.69) is 129 Å². The van der Waals surface area contributed by atoms with Crippen LogP contribution in [-0.4, -0.2) is 16.8 Å². The molecule has 3 heteroatoms. The fourth-order valence-electron chi connectivity index (χ4n) is 9.94. The predicted octanol–water partition coefficient (Wildman–Crippen LogP) is 8.12. The van der Waals surface area contributed by atoms with E-state index in [1.54, 1.807) is 5.56 Å². The molecule has 4 aliphatic rings. The van der Waals surface area contributed by atoms with Crippen LogP contribution in [0.4, 0.5) is 11.4 Å². The SMILES string of the molecule is CC(C)(C)c1cc2c3c(c1)-n1c4ccc5ccccc5c4c4cccc(c41)B3c1cccc3c1N2C1(C)CCCCC31C. The zero-order chi connectivity index (χ0) is 29.0. The van der Waals surface area contributed by atoms with Crippen molar-refractivity contribution in [1.29, 1.82) is 0 Å². The van der Waals surface area contributed by atoms with Gasteiger partial charge in [0.1, 0.15) is 0 Å². The molecule has 0 amide bonds. The maximum atomic E-state index is 2.85. The lowest BCUT2D eigenvalue weighted by Gasteiger charge is -2.52. The van der Waals surface area contributed by atoms with Gasteiger partial charge in [-0.2, -0.15) is 0 Å². The summed E-state index contributed by atoms with van der Waals surface area (Å²) in [6.07, 6.45) is 5.11. The summed E-state index contributed by atoms with van der Waals surface area (Å²) in [6, 6.07) is 33.1. The normalized spacial score (nSPS) is 23.2. The quantitative estimate of drug-likeness (QED) is 0.171. The number of hydrogen-bond acceptors (Lipinski definition) is 1. The highest BCUT2D eigenvalue weighted by Crippen LogP contribution is 2.61. The molecule has 3 aliphatic heterocycles. The van der Waals surface area contributed by atoms with Crippen molar-refractivity contribution in [1.82, 2.24) is 4.57 Å². The Bertz CT molecular complexity index is 2230. The molecule has 6 aromatic rings. The van der Waals surface area contributed by atoms with Crippen molar-refractivity contribution < 1.29 is 0 Å². The molecular formula is C40H37BN2. The second-order valence-corrected chi connectivity index (χ2v) is 15.3. The summed E-state index contributed by atoms with van der Waals surface area (Å²) < 4.78 is 2.64. The molecule has 1 saturated carbocycles. The number of benzene rings is 5. The largest absolute Gasteiger partial charge is 0.335 e. The summed E-state index contributed by atoms with van der Waals surface area (Å²) in [4.78, 5) is 2.85. The number of rotatable bonds is 0. The first kappa shape index (κ1) is 24.5. The van der Waals surface area contributed by atoms with Gasteiger partial charge < -0.3 is 9.47 Å². The topological polar surface area (TPSA) is 8.17 Å². The van der Waals surface area contributed by atoms with Crippen molar-refractivity contribution in [3.8, 4) is 5.69 Å². The number of aromatic nitrogens is 1. The van der Waals surface area contributed by atoms with E-state index in [1.165, 1.54) is 97.3 Å². The van der Waals surface area contributed by atoms with Gasteiger partial charge in [-0.05, 0) is 81.7 Å². The van der Waals surface area contributed by atoms with Crippen molar-refractivity contribution >= 4 is 67.1 Å². The van der Waals surface area contributed by atoms with Gasteiger partial charge in [-0.15, -0.1) is 0 Å². The number of hydrogen-bond donors (Lipinski definition) is 0. The van der Waals surface area contributed by atoms with Crippen LogP contribution in [-0.2, 0) is 10.8 Å². The van der Waals surface area contributed by atoms with Crippen LogP contribution in [0.1, 0.15) is 71.4 Å². The summed E-state index contributed by atoms with van der Waals surface area (Å²) >= 11 is 0. The summed E-state index contributed by atoms with van der Waals surface area (Å²) in [7, 11) is 0. The van der Waals surface area contributed by atoms with Crippen LogP contribution in [0.3, 0.4) is 0 Å². The maximum absolute atomic E-state index is 2.85. The zero-order valence-corrected chi connectivity index (χ0v) is 25.9. The third kappa shape index (κ3) is 2.67. The Hall–Kier alpha value is -3.98. The Balaban J connectivity index is 1.43. The second-order valence-electron chi connectivity index (χ2n) is 15.3. The first-order valence-corrected chi connectivity index (χ1v) is 16.3. The Morgan fingerprint density at radius 1 is 0.744 bits per heavy atom. The highest BCUT2D eigenvalue weighted by molar-refractivity contribution is 7.00. The van der Waals surface area contributed by atoms with E-state index in [4.69, 9.17) is 0 Å². The molecule has 0 radical (unpaired) electrons. The summed E-state index contributed by atoms with van der Waals surface area (Å²) in [5.74, 6) is 0. The van der Waals surface area contributed by atoms with Gasteiger partial charge in [0, 0.05) is 38.8 Å². The first-order chi connectivity index (χ1) is 20.7. The standard InChI is InChI=1S/C40H37BN2/c1-38(2,3)25-22-32-35-33(23-25)43-37-28(39(4)20-8-9-21-40(39,43)5)15-11-17-30(37)41(35)29-16-10-14-27-34-26-13-7-6-12-24(26)18-19-31(34)42(32)36(27)29/h6-7,10-19,22-23H,8-9,20-21H2,1-5H3. The first-order valence-electron chi connectivity index (χ1n) is 16.3. The molecule has 0 bridgehead atoms. The highest BCUT2D eigenvalue weighted by Gasteiger charge is 2.61. The van der Waals surface area contributed by atoms with Gasteiger partial charge in [0.15, 0.2) is 0 Å². The summed E-state index contributed by atoms with van der Waals surface area (Å²) in [5.41, 5.74) is 14.7. The minimum Gasteiger partial charge on any atom is -0.335 e. The average Bonchev–Trinajstić information content (AvgIpc) is 3.45. The third-order valence-electron chi connectivity index (χ3n) is 12.3. The molecule has 1 aromatic heterocycles. The van der Waals surface area contributed by atoms with Gasteiger partial charge in [-0.1, -0.05) is 107 Å². The zero-order valence-electron chi connectivity index (χ0n) is 25.9. The van der Waals surface area contributed by atoms with Gasteiger partial charge in [-0.3, -0.25) is 0 Å². The van der Waals surface area contributed by atoms with Gasteiger partial charge in [0.05, 0.1) is 11.1 Å². The van der Waals surface area contributed by atoms with E-state index in [9.17, 15) is 0 Å². The number of para-hydroxylation sites is 2. The Kier molecular flexibility index (Phi) is 4.30. The molecule has 210 valence electrons. The monoisotopic (exact) mass is 556 g/mol. The molecule has 0 spiro atoms. The van der Waals surface area contributed by atoms with E-state index >= 15 is 0 Å². The van der Waals surface area contributed by atoms with Gasteiger partial charge in [0.2, 0.25) is 0 Å². The van der Waals surface area contributed by atoms with E-state index in [0.717, 1.165) is 0 Å². The van der Waals surface area contributed by atoms with Crippen LogP contribution in [0.25, 0.3) is 38.3 Å². The number of fused-ring (bicyclic) bond motifs is 12. The van der Waals surface area contributed by atoms with Crippen LogP contribution in [0.15, 0.2) is 84.9 Å². The molecule has 0 N–H and O–H groups in total. The lowest BCUT2D eigenvalue weighted by atomic mass is 9.33. The second kappa shape index (κ2) is 7.56. The number of anilines is 2. The van der Waals surface area contributed by atoms with Crippen LogP contribution in [0, 0.1) is 0 Å². The van der Waals surface area contributed by atoms with Crippen LogP contribution in [0.5, 0.6) is 0 Å². The van der Waals surface area contributed by atoms with Crippen molar-refractivity contribution in [3.63, 3.8) is 0 Å². The van der Waals surface area contributed by atoms with Gasteiger partial charge >= 0.3 is 0 Å². The molecule has 10 rings (SSSR count). The lowest BCUT2D eigenvalue weighted by Crippen LogP contribution is -2.64. The third-order valence-corrected chi connectivity index (χ3v) is 12.3. The molecule has 2 nitrogen and oxygen atoms in total. The van der Waals surface area contributed by atoms with Crippen molar-refractivity contribution in [2.75, 3.05) is 4.90 Å². The minimum atomic E-state index is 0.0308. The van der Waals surface area contributed by atoms with Crippen LogP contribution in [0.2, 0.25) is 0 Å². The average molecular weight is 557 g/mol. The van der Waals surface area contributed by atoms with Gasteiger partial charge in [-0.25, -0.2) is 0 Å². The lowest BCUT2D eigenvalue weighted by molar-refractivity contribution is 0.195. The van der Waals surface area contributed by atoms with Crippen LogP contribution < -0.4 is 21.3 Å². The molecule has 43 heavy (non-hydrogen) atoms. The fourth-order valence-corrected chi connectivity index (χ4v) is 9.94. The Morgan fingerprint density at radius 2 is 1.49 bits per heavy atom. The number of nitrogens with zero attached hydrogens (tertiary/aromatic N) is 2.